The number of aliphatic imine (C=N–C) groups is 1. The Morgan fingerprint density at radius 3 is 2.90 bits per heavy atom. The first-order chi connectivity index (χ1) is 4.81. The van der Waals surface area contributed by atoms with Crippen LogP contribution in [-0.4, -0.2) is 33.3 Å². The van der Waals surface area contributed by atoms with Crippen molar-refractivity contribution in [1.82, 2.24) is 5.32 Å². The molecule has 60 valence electrons. The van der Waals surface area contributed by atoms with Crippen molar-refractivity contribution in [2.45, 2.75) is 6.42 Å². The molecule has 0 aliphatic carbocycles. The summed E-state index contributed by atoms with van der Waals surface area (Å²) in [6.07, 6.45) is 0.916. The number of hydrogen-bond acceptors (Lipinski definition) is 2. The molecule has 0 fully saturated rings. The minimum atomic E-state index is 0.483. The van der Waals surface area contributed by atoms with Gasteiger partial charge in [-0.2, -0.15) is 0 Å². The van der Waals surface area contributed by atoms with E-state index in [2.05, 4.69) is 10.3 Å². The number of rotatable bonds is 4. The van der Waals surface area contributed by atoms with Crippen molar-refractivity contribution < 1.29 is 4.74 Å². The van der Waals surface area contributed by atoms with Gasteiger partial charge < -0.3 is 15.8 Å². The van der Waals surface area contributed by atoms with E-state index in [-0.39, 0.29) is 0 Å². The van der Waals surface area contributed by atoms with Crippen molar-refractivity contribution in [3.05, 3.63) is 0 Å². The highest BCUT2D eigenvalue weighted by Crippen LogP contribution is 1.80. The largest absolute Gasteiger partial charge is 0.385 e. The zero-order chi connectivity index (χ0) is 7.82. The van der Waals surface area contributed by atoms with Gasteiger partial charge in [-0.05, 0) is 6.42 Å². The SMILES string of the molecule is CNC(N)=NCCCOC. The highest BCUT2D eigenvalue weighted by molar-refractivity contribution is 5.77. The van der Waals surface area contributed by atoms with Crippen LogP contribution < -0.4 is 11.1 Å². The summed E-state index contributed by atoms with van der Waals surface area (Å²) >= 11 is 0. The van der Waals surface area contributed by atoms with Crippen LogP contribution >= 0.6 is 0 Å². The Bertz CT molecular complexity index is 103. The Labute approximate surface area is 61.5 Å². The van der Waals surface area contributed by atoms with Crippen molar-refractivity contribution in [3.8, 4) is 0 Å². The number of methoxy groups -OCH3 is 1. The average molecular weight is 145 g/mol. The van der Waals surface area contributed by atoms with E-state index in [1.54, 1.807) is 14.2 Å². The number of hydrogen-bond donors (Lipinski definition) is 2. The fraction of sp³-hybridized carbons (Fsp3) is 0.833. The first-order valence-electron chi connectivity index (χ1n) is 3.28. The van der Waals surface area contributed by atoms with Gasteiger partial charge in [0, 0.05) is 27.3 Å². The summed E-state index contributed by atoms with van der Waals surface area (Å²) in [5.74, 6) is 0.483. The molecule has 0 aliphatic heterocycles. The first-order valence-corrected chi connectivity index (χ1v) is 3.28. The molecular weight excluding hydrogens is 130 g/mol. The molecule has 10 heavy (non-hydrogen) atoms. The standard InChI is InChI=1S/C6H15N3O/c1-8-6(7)9-4-3-5-10-2/h3-5H2,1-2H3,(H3,7,8,9). The second-order valence-corrected chi connectivity index (χ2v) is 1.86. The molecule has 0 rings (SSSR count). The molecule has 0 aromatic heterocycles. The maximum absolute atomic E-state index is 5.35. The Morgan fingerprint density at radius 1 is 1.70 bits per heavy atom. The zero-order valence-corrected chi connectivity index (χ0v) is 6.55. The fourth-order valence-corrected chi connectivity index (χ4v) is 0.487. The molecule has 0 saturated carbocycles. The highest BCUT2D eigenvalue weighted by atomic mass is 16.5. The number of ether oxygens (including phenoxy) is 1. The van der Waals surface area contributed by atoms with Gasteiger partial charge in [0.1, 0.15) is 0 Å². The van der Waals surface area contributed by atoms with Gasteiger partial charge in [0.05, 0.1) is 0 Å². The minimum absolute atomic E-state index is 0.483. The van der Waals surface area contributed by atoms with Crippen LogP contribution in [0, 0.1) is 0 Å². The van der Waals surface area contributed by atoms with E-state index in [1.807, 2.05) is 0 Å². The van der Waals surface area contributed by atoms with Gasteiger partial charge in [0.15, 0.2) is 5.96 Å². The van der Waals surface area contributed by atoms with Crippen LogP contribution in [0.3, 0.4) is 0 Å². The van der Waals surface area contributed by atoms with Crippen molar-refractivity contribution in [2.24, 2.45) is 10.7 Å². The molecule has 0 aromatic carbocycles. The van der Waals surface area contributed by atoms with Gasteiger partial charge in [0.25, 0.3) is 0 Å². The van der Waals surface area contributed by atoms with E-state index in [0.717, 1.165) is 19.6 Å². The van der Waals surface area contributed by atoms with Crippen LogP contribution in [0.4, 0.5) is 0 Å². The van der Waals surface area contributed by atoms with Gasteiger partial charge in [-0.3, -0.25) is 4.99 Å². The van der Waals surface area contributed by atoms with E-state index in [9.17, 15) is 0 Å². The van der Waals surface area contributed by atoms with E-state index in [0.29, 0.717) is 5.96 Å². The Hall–Kier alpha value is -0.770. The Kier molecular flexibility index (Phi) is 5.86. The third-order valence-electron chi connectivity index (χ3n) is 1.04. The van der Waals surface area contributed by atoms with Crippen molar-refractivity contribution >= 4 is 5.96 Å². The molecule has 0 radical (unpaired) electrons. The Balaban J connectivity index is 3.16. The summed E-state index contributed by atoms with van der Waals surface area (Å²) in [6.45, 7) is 1.46. The summed E-state index contributed by atoms with van der Waals surface area (Å²) in [4.78, 5) is 3.98. The molecule has 4 heteroatoms. The second kappa shape index (κ2) is 6.35. The van der Waals surface area contributed by atoms with E-state index in [4.69, 9.17) is 10.5 Å². The monoisotopic (exact) mass is 145 g/mol. The molecule has 0 unspecified atom stereocenters. The number of guanidine groups is 1. The van der Waals surface area contributed by atoms with Crippen molar-refractivity contribution in [3.63, 3.8) is 0 Å². The molecule has 3 N–H and O–H groups in total. The molecule has 0 spiro atoms. The topological polar surface area (TPSA) is 59.6 Å². The quantitative estimate of drug-likeness (QED) is 0.320. The summed E-state index contributed by atoms with van der Waals surface area (Å²) in [5, 5.41) is 2.73. The molecule has 0 bridgehead atoms. The molecule has 0 atom stereocenters. The van der Waals surface area contributed by atoms with E-state index < -0.39 is 0 Å². The average Bonchev–Trinajstić information content (AvgIpc) is 1.98. The van der Waals surface area contributed by atoms with Gasteiger partial charge in [-0.25, -0.2) is 0 Å². The molecule has 0 aliphatic rings. The van der Waals surface area contributed by atoms with Crippen molar-refractivity contribution in [1.29, 1.82) is 0 Å². The number of nitrogens with one attached hydrogen (secondary N) is 1. The third-order valence-corrected chi connectivity index (χ3v) is 1.04. The van der Waals surface area contributed by atoms with Crippen LogP contribution in [0.25, 0.3) is 0 Å². The highest BCUT2D eigenvalue weighted by Gasteiger charge is 1.84. The first kappa shape index (κ1) is 9.23. The lowest BCUT2D eigenvalue weighted by molar-refractivity contribution is 0.197. The normalized spacial score (nSPS) is 11.6. The lowest BCUT2D eigenvalue weighted by Crippen LogP contribution is -2.27. The minimum Gasteiger partial charge on any atom is -0.385 e. The molecule has 0 saturated heterocycles. The second-order valence-electron chi connectivity index (χ2n) is 1.86. The summed E-state index contributed by atoms with van der Waals surface area (Å²) in [6, 6.07) is 0. The lowest BCUT2D eigenvalue weighted by Gasteiger charge is -1.97. The predicted molar refractivity (Wildman–Crippen MR) is 42.0 cm³/mol. The zero-order valence-electron chi connectivity index (χ0n) is 6.55. The number of nitrogens with two attached hydrogens (primary N) is 1. The molecule has 0 heterocycles. The Morgan fingerprint density at radius 2 is 2.40 bits per heavy atom. The molecule has 4 nitrogen and oxygen atoms in total. The summed E-state index contributed by atoms with van der Waals surface area (Å²) in [5.41, 5.74) is 5.35. The fourth-order valence-electron chi connectivity index (χ4n) is 0.487. The van der Waals surface area contributed by atoms with Crippen LogP contribution in [0.1, 0.15) is 6.42 Å². The van der Waals surface area contributed by atoms with Gasteiger partial charge in [-0.15, -0.1) is 0 Å². The lowest BCUT2D eigenvalue weighted by atomic mass is 10.5. The van der Waals surface area contributed by atoms with Crippen molar-refractivity contribution in [2.75, 3.05) is 27.3 Å². The summed E-state index contributed by atoms with van der Waals surface area (Å²) < 4.78 is 4.83. The maximum atomic E-state index is 5.35. The van der Waals surface area contributed by atoms with E-state index >= 15 is 0 Å². The maximum Gasteiger partial charge on any atom is 0.188 e. The smallest absolute Gasteiger partial charge is 0.188 e. The van der Waals surface area contributed by atoms with Crippen LogP contribution in [0.2, 0.25) is 0 Å². The van der Waals surface area contributed by atoms with Crippen LogP contribution in [-0.2, 0) is 4.74 Å². The molecule has 0 aromatic rings. The van der Waals surface area contributed by atoms with Crippen LogP contribution in [0.15, 0.2) is 4.99 Å². The predicted octanol–water partition coefficient (Wildman–Crippen LogP) is -0.443. The molecular formula is C6H15N3O. The third kappa shape index (κ3) is 5.37. The summed E-state index contributed by atoms with van der Waals surface area (Å²) in [7, 11) is 3.42. The van der Waals surface area contributed by atoms with Gasteiger partial charge >= 0.3 is 0 Å². The molecule has 0 amide bonds. The van der Waals surface area contributed by atoms with E-state index in [1.165, 1.54) is 0 Å². The van der Waals surface area contributed by atoms with Crippen LogP contribution in [0.5, 0.6) is 0 Å². The number of nitrogens with zero attached hydrogens (tertiary/aromatic N) is 1. The van der Waals surface area contributed by atoms with Gasteiger partial charge in [0.2, 0.25) is 0 Å². The van der Waals surface area contributed by atoms with Gasteiger partial charge in [-0.1, -0.05) is 0 Å².